The van der Waals surface area contributed by atoms with Gasteiger partial charge in [0.2, 0.25) is 0 Å². The fraction of sp³-hybridized carbons (Fsp3) is 0.417. The minimum atomic E-state index is -3.34. The Hall–Kier alpha value is -0.920. The van der Waals surface area contributed by atoms with Gasteiger partial charge in [0, 0.05) is 24.3 Å². The fourth-order valence-corrected chi connectivity index (χ4v) is 5.06. The van der Waals surface area contributed by atoms with E-state index in [0.29, 0.717) is 23.7 Å². The standard InChI is InChI=1S/C12H15ClN2O3S2/c1-20(17,18)10-7-19-6-5-15(10)12(16)8-3-2-4-9(14)11(8)13/h2-4,10H,5-7,14H2,1H3. The number of amides is 1. The van der Waals surface area contributed by atoms with Crippen LogP contribution in [-0.2, 0) is 9.84 Å². The van der Waals surface area contributed by atoms with Crippen LogP contribution >= 0.6 is 23.4 Å². The highest BCUT2D eigenvalue weighted by Gasteiger charge is 2.35. The van der Waals surface area contributed by atoms with Crippen molar-refractivity contribution in [1.82, 2.24) is 4.90 Å². The summed E-state index contributed by atoms with van der Waals surface area (Å²) >= 11 is 7.56. The minimum Gasteiger partial charge on any atom is -0.398 e. The normalized spacial score (nSPS) is 19.9. The molecule has 1 atom stereocenters. The van der Waals surface area contributed by atoms with Crippen LogP contribution in [0.3, 0.4) is 0 Å². The Morgan fingerprint density at radius 3 is 2.85 bits per heavy atom. The van der Waals surface area contributed by atoms with Gasteiger partial charge in [-0.1, -0.05) is 17.7 Å². The average Bonchev–Trinajstić information content (AvgIpc) is 2.40. The maximum absolute atomic E-state index is 12.5. The highest BCUT2D eigenvalue weighted by molar-refractivity contribution is 8.00. The van der Waals surface area contributed by atoms with E-state index in [1.165, 1.54) is 16.7 Å². The van der Waals surface area contributed by atoms with Gasteiger partial charge in [-0.3, -0.25) is 4.79 Å². The molecule has 0 aliphatic carbocycles. The number of nitrogens with zero attached hydrogens (tertiary/aromatic N) is 1. The summed E-state index contributed by atoms with van der Waals surface area (Å²) in [5, 5.41) is -0.644. The lowest BCUT2D eigenvalue weighted by Crippen LogP contribution is -2.50. The third-order valence-corrected chi connectivity index (χ3v) is 6.16. The molecule has 5 nitrogen and oxygen atoms in total. The number of thioether (sulfide) groups is 1. The molecule has 2 rings (SSSR count). The molecule has 0 saturated carbocycles. The van der Waals surface area contributed by atoms with E-state index < -0.39 is 21.1 Å². The molecule has 0 bridgehead atoms. The van der Waals surface area contributed by atoms with Crippen molar-refractivity contribution >= 4 is 44.8 Å². The number of carbonyl (C=O) groups excluding carboxylic acids is 1. The SMILES string of the molecule is CS(=O)(=O)C1CSCCN1C(=O)c1cccc(N)c1Cl. The quantitative estimate of drug-likeness (QED) is 0.829. The zero-order valence-corrected chi connectivity index (χ0v) is 13.3. The molecule has 1 amide bonds. The summed E-state index contributed by atoms with van der Waals surface area (Å²) in [6.07, 6.45) is 1.14. The second-order valence-corrected chi connectivity index (χ2v) is 8.30. The first-order chi connectivity index (χ1) is 9.32. The van der Waals surface area contributed by atoms with E-state index in [0.717, 1.165) is 6.26 Å². The third kappa shape index (κ3) is 3.05. The van der Waals surface area contributed by atoms with Crippen molar-refractivity contribution in [3.63, 3.8) is 0 Å². The number of hydrogen-bond donors (Lipinski definition) is 1. The van der Waals surface area contributed by atoms with Gasteiger partial charge in [-0.15, -0.1) is 0 Å². The highest BCUT2D eigenvalue weighted by Crippen LogP contribution is 2.28. The Morgan fingerprint density at radius 1 is 1.50 bits per heavy atom. The summed E-state index contributed by atoms with van der Waals surface area (Å²) in [5.41, 5.74) is 6.23. The zero-order valence-electron chi connectivity index (χ0n) is 10.9. The summed E-state index contributed by atoms with van der Waals surface area (Å²) in [4.78, 5) is 13.9. The summed E-state index contributed by atoms with van der Waals surface area (Å²) in [6, 6.07) is 4.78. The molecule has 1 unspecified atom stereocenters. The van der Waals surface area contributed by atoms with Crippen LogP contribution in [0.4, 0.5) is 5.69 Å². The molecule has 1 saturated heterocycles. The van der Waals surface area contributed by atoms with Gasteiger partial charge >= 0.3 is 0 Å². The highest BCUT2D eigenvalue weighted by atomic mass is 35.5. The number of anilines is 1. The molecule has 1 fully saturated rings. The summed E-state index contributed by atoms with van der Waals surface area (Å²) in [5.74, 6) is 0.695. The molecule has 0 aromatic heterocycles. The van der Waals surface area contributed by atoms with E-state index >= 15 is 0 Å². The molecular formula is C12H15ClN2O3S2. The molecule has 1 aliphatic heterocycles. The first kappa shape index (κ1) is 15.5. The molecule has 1 aliphatic rings. The van der Waals surface area contributed by atoms with Crippen LogP contribution in [0.5, 0.6) is 0 Å². The lowest BCUT2D eigenvalue weighted by atomic mass is 10.1. The first-order valence-corrected chi connectivity index (χ1v) is 9.42. The Bertz CT molecular complexity index is 634. The van der Waals surface area contributed by atoms with Crippen molar-refractivity contribution in [2.75, 3.05) is 30.0 Å². The van der Waals surface area contributed by atoms with Gasteiger partial charge in [0.25, 0.3) is 5.91 Å². The molecule has 8 heteroatoms. The molecule has 0 radical (unpaired) electrons. The number of nitrogens with two attached hydrogens (primary N) is 1. The van der Waals surface area contributed by atoms with Crippen LogP contribution in [0.25, 0.3) is 0 Å². The summed E-state index contributed by atoms with van der Waals surface area (Å²) in [6.45, 7) is 0.381. The smallest absolute Gasteiger partial charge is 0.256 e. The lowest BCUT2D eigenvalue weighted by molar-refractivity contribution is 0.0750. The van der Waals surface area contributed by atoms with Crippen LogP contribution in [0.2, 0.25) is 5.02 Å². The number of benzene rings is 1. The number of carbonyl (C=O) groups is 1. The van der Waals surface area contributed by atoms with Gasteiger partial charge in [-0.25, -0.2) is 8.42 Å². The van der Waals surface area contributed by atoms with Crippen molar-refractivity contribution in [2.45, 2.75) is 5.37 Å². The van der Waals surface area contributed by atoms with Gasteiger partial charge in [0.1, 0.15) is 5.37 Å². The Morgan fingerprint density at radius 2 is 2.20 bits per heavy atom. The maximum atomic E-state index is 12.5. The Kier molecular flexibility index (Phi) is 4.51. The number of halogens is 1. The van der Waals surface area contributed by atoms with Gasteiger partial charge in [-0.05, 0) is 12.1 Å². The van der Waals surface area contributed by atoms with E-state index in [9.17, 15) is 13.2 Å². The molecule has 0 spiro atoms. The molecule has 20 heavy (non-hydrogen) atoms. The minimum absolute atomic E-state index is 0.169. The van der Waals surface area contributed by atoms with Crippen molar-refractivity contribution < 1.29 is 13.2 Å². The molecular weight excluding hydrogens is 320 g/mol. The van der Waals surface area contributed by atoms with Crippen molar-refractivity contribution in [1.29, 1.82) is 0 Å². The Labute approximate surface area is 127 Å². The fourth-order valence-electron chi connectivity index (χ4n) is 2.04. The predicted molar refractivity (Wildman–Crippen MR) is 82.9 cm³/mol. The lowest BCUT2D eigenvalue weighted by Gasteiger charge is -2.34. The molecule has 1 aromatic rings. The van der Waals surface area contributed by atoms with Crippen LogP contribution in [0.15, 0.2) is 18.2 Å². The van der Waals surface area contributed by atoms with E-state index in [2.05, 4.69) is 0 Å². The number of rotatable bonds is 2. The van der Waals surface area contributed by atoms with E-state index in [1.54, 1.807) is 18.2 Å². The van der Waals surface area contributed by atoms with E-state index in [-0.39, 0.29) is 10.6 Å². The van der Waals surface area contributed by atoms with Crippen LogP contribution in [0, 0.1) is 0 Å². The van der Waals surface area contributed by atoms with Crippen molar-refractivity contribution in [2.24, 2.45) is 0 Å². The van der Waals surface area contributed by atoms with Crippen LogP contribution in [0.1, 0.15) is 10.4 Å². The maximum Gasteiger partial charge on any atom is 0.256 e. The molecule has 110 valence electrons. The van der Waals surface area contributed by atoms with Gasteiger partial charge in [0.15, 0.2) is 9.84 Å². The predicted octanol–water partition coefficient (Wildman–Crippen LogP) is 1.48. The zero-order chi connectivity index (χ0) is 14.9. The van der Waals surface area contributed by atoms with E-state index in [1.807, 2.05) is 0 Å². The number of hydrogen-bond acceptors (Lipinski definition) is 5. The van der Waals surface area contributed by atoms with Crippen LogP contribution in [-0.4, -0.2) is 48.9 Å². The molecule has 1 heterocycles. The second kappa shape index (κ2) is 5.83. The van der Waals surface area contributed by atoms with Crippen molar-refractivity contribution in [3.8, 4) is 0 Å². The topological polar surface area (TPSA) is 80.5 Å². The monoisotopic (exact) mass is 334 g/mol. The first-order valence-electron chi connectivity index (χ1n) is 5.94. The largest absolute Gasteiger partial charge is 0.398 e. The van der Waals surface area contributed by atoms with Gasteiger partial charge < -0.3 is 10.6 Å². The number of sulfone groups is 1. The van der Waals surface area contributed by atoms with Gasteiger partial charge in [0.05, 0.1) is 16.3 Å². The van der Waals surface area contributed by atoms with E-state index in [4.69, 9.17) is 17.3 Å². The van der Waals surface area contributed by atoms with Crippen LogP contribution < -0.4 is 5.73 Å². The summed E-state index contributed by atoms with van der Waals surface area (Å²) < 4.78 is 23.6. The summed E-state index contributed by atoms with van der Waals surface area (Å²) in [7, 11) is -3.34. The average molecular weight is 335 g/mol. The Balaban J connectivity index is 2.38. The second-order valence-electron chi connectivity index (χ2n) is 4.57. The van der Waals surface area contributed by atoms with Crippen molar-refractivity contribution in [3.05, 3.63) is 28.8 Å². The molecule has 2 N–H and O–H groups in total. The van der Waals surface area contributed by atoms with Gasteiger partial charge in [-0.2, -0.15) is 11.8 Å². The third-order valence-electron chi connectivity index (χ3n) is 3.10. The molecule has 1 aromatic carbocycles. The number of nitrogen functional groups attached to an aromatic ring is 1.